The van der Waals surface area contributed by atoms with E-state index in [1.54, 1.807) is 24.3 Å². The molecule has 0 spiro atoms. The molecule has 0 aromatic heterocycles. The molecule has 53 heavy (non-hydrogen) atoms. The Morgan fingerprint density at radius 3 is 1.26 bits per heavy atom. The van der Waals surface area contributed by atoms with Gasteiger partial charge in [-0.15, -0.1) is 0 Å². The van der Waals surface area contributed by atoms with Gasteiger partial charge in [-0.05, 0) is 0 Å². The number of alkyl halides is 6. The van der Waals surface area contributed by atoms with E-state index in [4.69, 9.17) is 0 Å². The zero-order valence-corrected chi connectivity index (χ0v) is 33.7. The molecule has 1 heterocycles. The average Bonchev–Trinajstić information content (AvgIpc) is 3.38. The second kappa shape index (κ2) is 15.2. The molecule has 4 atom stereocenters. The van der Waals surface area contributed by atoms with Crippen molar-refractivity contribution in [3.05, 3.63) is 129 Å². The second-order valence-electron chi connectivity index (χ2n) is 15.1. The van der Waals surface area contributed by atoms with Crippen LogP contribution in [0.5, 0.6) is 0 Å². The Morgan fingerprint density at radius 2 is 0.925 bits per heavy atom. The van der Waals surface area contributed by atoms with Crippen molar-refractivity contribution in [1.82, 2.24) is 0 Å². The Labute approximate surface area is 325 Å². The first-order chi connectivity index (χ1) is 24.5. The van der Waals surface area contributed by atoms with E-state index in [-0.39, 0.29) is 24.8 Å². The maximum atomic E-state index is 13.5. The first kappa shape index (κ1) is 40.1. The van der Waals surface area contributed by atoms with Crippen molar-refractivity contribution in [2.75, 3.05) is 0 Å². The molecule has 2 fully saturated rings. The minimum atomic E-state index is -4.38. The van der Waals surface area contributed by atoms with Gasteiger partial charge < -0.3 is 24.8 Å². The first-order valence-electron chi connectivity index (χ1n) is 18.5. The van der Waals surface area contributed by atoms with E-state index in [9.17, 15) is 26.3 Å². The van der Waals surface area contributed by atoms with Crippen molar-refractivity contribution in [1.29, 1.82) is 0 Å². The van der Waals surface area contributed by atoms with Gasteiger partial charge in [0.05, 0.1) is 0 Å². The maximum absolute atomic E-state index is 13.5. The van der Waals surface area contributed by atoms with Gasteiger partial charge in [-0.3, -0.25) is 0 Å². The Morgan fingerprint density at radius 1 is 0.547 bits per heavy atom. The molecule has 1 aliphatic heterocycles. The number of hydrogen-bond donors (Lipinski definition) is 0. The largest absolute Gasteiger partial charge is 1.00 e. The van der Waals surface area contributed by atoms with E-state index in [0.29, 0.717) is 7.25 Å². The summed E-state index contributed by atoms with van der Waals surface area (Å²) in [6.07, 6.45) is 5.19. The predicted octanol–water partition coefficient (Wildman–Crippen LogP) is 8.56. The van der Waals surface area contributed by atoms with Gasteiger partial charge in [-0.2, -0.15) is 0 Å². The topological polar surface area (TPSA) is 0 Å². The van der Waals surface area contributed by atoms with Gasteiger partial charge in [-0.25, -0.2) is 0 Å². The fourth-order valence-electron chi connectivity index (χ4n) is 10.5. The Kier molecular flexibility index (Phi) is 11.5. The fraction of sp³-hybridized carbons (Fsp3) is 0.364. The Hall–Kier alpha value is -2.60. The number of rotatable bonds is 8. The summed E-state index contributed by atoms with van der Waals surface area (Å²) in [4.78, 5) is 0. The van der Waals surface area contributed by atoms with E-state index < -0.39 is 43.7 Å². The van der Waals surface area contributed by atoms with Crippen molar-refractivity contribution in [3.8, 4) is 22.3 Å². The molecule has 278 valence electrons. The van der Waals surface area contributed by atoms with Gasteiger partial charge in [0.1, 0.15) is 0 Å². The van der Waals surface area contributed by atoms with Crippen LogP contribution in [0.4, 0.5) is 26.3 Å². The number of benzene rings is 4. The summed E-state index contributed by atoms with van der Waals surface area (Å²) in [5.74, 6) is 0. The second-order valence-corrected chi connectivity index (χ2v) is 26.5. The fourth-order valence-corrected chi connectivity index (χ4v) is 33.7. The number of halogens is 8. The zero-order chi connectivity index (χ0) is 35.7. The van der Waals surface area contributed by atoms with Crippen molar-refractivity contribution in [2.24, 2.45) is 0 Å². The SMILES string of the molecule is CCCC1=Cc2c(-c3ccc(C(F)(F)F)cc3)cccc2[CH]1[Zr+2]1([CH]2C(CCC)=Cc3c(-c4ccc(C(F)(F)F)cc4)cccc32)[CH]2CCCC[CH]21.[Cl-].[Cl-]. The summed E-state index contributed by atoms with van der Waals surface area (Å²) in [5.41, 5.74) is 10.5. The van der Waals surface area contributed by atoms with E-state index in [1.807, 2.05) is 0 Å². The van der Waals surface area contributed by atoms with Gasteiger partial charge in [0.15, 0.2) is 0 Å². The molecule has 0 nitrogen and oxygen atoms in total. The number of allylic oxidation sites excluding steroid dienone is 2. The number of fused-ring (bicyclic) bond motifs is 3. The van der Waals surface area contributed by atoms with Crippen LogP contribution in [0.1, 0.15) is 106 Å². The molecule has 9 heteroatoms. The molecule has 4 aliphatic rings. The smallest absolute Gasteiger partial charge is 1.00 e. The summed E-state index contributed by atoms with van der Waals surface area (Å²) >= 11 is -3.36. The third-order valence-corrected chi connectivity index (χ3v) is 29.4. The van der Waals surface area contributed by atoms with E-state index >= 15 is 0 Å². The predicted molar refractivity (Wildman–Crippen MR) is 191 cm³/mol. The third kappa shape index (κ3) is 6.73. The molecule has 4 unspecified atom stereocenters. The van der Waals surface area contributed by atoms with Gasteiger partial charge in [-0.1, -0.05) is 0 Å². The van der Waals surface area contributed by atoms with Gasteiger partial charge >= 0.3 is 303 Å². The summed E-state index contributed by atoms with van der Waals surface area (Å²) in [6.45, 7) is 4.48. The first-order valence-corrected chi connectivity index (χ1v) is 24.2. The normalized spacial score (nSPS) is 23.0. The standard InChI is InChI=1S/2C19H16F3.C6H10.2ClH.Zr/c2*1-2-4-13-11-15-5-3-6-17(18(15)12-13)14-7-9-16(10-8-14)19(20,21)22;1-2-4-6-5-3-1;;;/h2*3,5-12H,2,4H2,1H3;1-2H,3-6H2;2*1H;/q;;;;;+2/p-2. The van der Waals surface area contributed by atoms with Crippen molar-refractivity contribution >= 4 is 12.2 Å². The molecule has 0 radical (unpaired) electrons. The zero-order valence-electron chi connectivity index (χ0n) is 29.7. The average molecular weight is 847 g/mol. The quantitative estimate of drug-likeness (QED) is 0.156. The van der Waals surface area contributed by atoms with Crippen LogP contribution in [0.2, 0.25) is 7.25 Å². The summed E-state index contributed by atoms with van der Waals surface area (Å²) < 4.78 is 83.2. The molecule has 8 rings (SSSR count). The Balaban J connectivity index is 0.00000240. The van der Waals surface area contributed by atoms with Crippen LogP contribution in [-0.4, -0.2) is 0 Å². The summed E-state index contributed by atoms with van der Waals surface area (Å²) in [7, 11) is 0. The van der Waals surface area contributed by atoms with Crippen LogP contribution < -0.4 is 24.8 Å². The molecule has 4 aromatic carbocycles. The minimum absolute atomic E-state index is 0. The van der Waals surface area contributed by atoms with E-state index in [1.165, 1.54) is 83.3 Å². The molecule has 0 bridgehead atoms. The van der Waals surface area contributed by atoms with Crippen molar-refractivity contribution in [3.63, 3.8) is 0 Å². The monoisotopic (exact) mass is 844 g/mol. The van der Waals surface area contributed by atoms with Crippen LogP contribution in [0.25, 0.3) is 34.4 Å². The van der Waals surface area contributed by atoms with Crippen LogP contribution in [0.3, 0.4) is 0 Å². The molecular formula is C44H42Cl2F6Zr. The number of hydrogen-bond acceptors (Lipinski definition) is 0. The van der Waals surface area contributed by atoms with Crippen LogP contribution in [-0.2, 0) is 32.6 Å². The van der Waals surface area contributed by atoms with Crippen LogP contribution in [0.15, 0.2) is 96.1 Å². The maximum Gasteiger partial charge on any atom is -1.00 e. The molecule has 3 aliphatic carbocycles. The van der Waals surface area contributed by atoms with Crippen LogP contribution in [0, 0.1) is 0 Å². The third-order valence-electron chi connectivity index (χ3n) is 12.4. The molecule has 0 amide bonds. The molecular weight excluding hydrogens is 805 g/mol. The van der Waals surface area contributed by atoms with Crippen molar-refractivity contribution in [2.45, 2.75) is 92.1 Å². The summed E-state index contributed by atoms with van der Waals surface area (Å²) in [5, 5.41) is 0. The van der Waals surface area contributed by atoms with Gasteiger partial charge in [0.2, 0.25) is 0 Å². The minimum Gasteiger partial charge on any atom is -1.00 e. The van der Waals surface area contributed by atoms with E-state index in [0.717, 1.165) is 55.2 Å². The summed E-state index contributed by atoms with van der Waals surface area (Å²) in [6, 6.07) is 24.2. The van der Waals surface area contributed by atoms with Crippen LogP contribution >= 0.6 is 0 Å². The molecule has 1 saturated carbocycles. The Bertz CT molecular complexity index is 1880. The molecule has 4 aromatic rings. The molecule has 0 N–H and O–H groups in total. The van der Waals surface area contributed by atoms with Gasteiger partial charge in [0, 0.05) is 0 Å². The van der Waals surface area contributed by atoms with E-state index in [2.05, 4.69) is 62.4 Å². The van der Waals surface area contributed by atoms with Crippen molar-refractivity contribution < 1.29 is 71.4 Å². The van der Waals surface area contributed by atoms with Gasteiger partial charge in [0.25, 0.3) is 0 Å². The molecule has 1 saturated heterocycles.